The zero-order valence-electron chi connectivity index (χ0n) is 16.3. The highest BCUT2D eigenvalue weighted by Gasteiger charge is 2.41. The molecule has 2 atom stereocenters. The van der Waals surface area contributed by atoms with Gasteiger partial charge in [0.25, 0.3) is 11.5 Å². The van der Waals surface area contributed by atoms with Crippen molar-refractivity contribution in [2.45, 2.75) is 32.3 Å². The standard InChI is InChI=1S/C20H21ClFN3O4/c1-10-23(2)18(27)16-12-6-7-24(9-11-4-5-14(22)13(21)8-11)20(29-3)15(12)17(26)19(28)25(10)16/h4-5,8,10,20,26H,6-7,9H2,1-3H3. The van der Waals surface area contributed by atoms with Crippen LogP contribution in [-0.2, 0) is 17.7 Å². The van der Waals surface area contributed by atoms with Crippen LogP contribution in [-0.4, -0.2) is 46.1 Å². The number of methoxy groups -OCH3 is 1. The van der Waals surface area contributed by atoms with Crippen molar-refractivity contribution < 1.29 is 19.0 Å². The maximum atomic E-state index is 13.5. The number of benzene rings is 1. The Morgan fingerprint density at radius 2 is 2.07 bits per heavy atom. The molecule has 2 aliphatic heterocycles. The summed E-state index contributed by atoms with van der Waals surface area (Å²) in [4.78, 5) is 29.0. The number of amides is 1. The van der Waals surface area contributed by atoms with Gasteiger partial charge in [-0.05, 0) is 36.6 Å². The van der Waals surface area contributed by atoms with Crippen molar-refractivity contribution >= 4 is 17.5 Å². The molecular formula is C20H21ClFN3O4. The van der Waals surface area contributed by atoms with Gasteiger partial charge in [0.1, 0.15) is 23.9 Å². The van der Waals surface area contributed by atoms with Crippen molar-refractivity contribution in [3.05, 3.63) is 61.8 Å². The lowest BCUT2D eigenvalue weighted by Crippen LogP contribution is -2.39. The lowest BCUT2D eigenvalue weighted by Gasteiger charge is -2.37. The van der Waals surface area contributed by atoms with E-state index < -0.39 is 29.5 Å². The van der Waals surface area contributed by atoms with Crippen LogP contribution < -0.4 is 5.56 Å². The van der Waals surface area contributed by atoms with Crippen LogP contribution in [0, 0.1) is 5.82 Å². The number of halogens is 2. The molecule has 1 aromatic carbocycles. The van der Waals surface area contributed by atoms with Gasteiger partial charge in [0.15, 0.2) is 5.75 Å². The van der Waals surface area contributed by atoms with Crippen molar-refractivity contribution in [3.8, 4) is 5.75 Å². The Morgan fingerprint density at radius 1 is 1.34 bits per heavy atom. The topological polar surface area (TPSA) is 75.0 Å². The molecule has 0 bridgehead atoms. The molecule has 0 fully saturated rings. The number of fused-ring (bicyclic) bond motifs is 3. The maximum absolute atomic E-state index is 13.5. The molecule has 1 aromatic heterocycles. The minimum atomic E-state index is -0.727. The number of carbonyl (C=O) groups excluding carboxylic acids is 1. The van der Waals surface area contributed by atoms with Gasteiger partial charge in [0.2, 0.25) is 0 Å². The summed E-state index contributed by atoms with van der Waals surface area (Å²) < 4.78 is 20.4. The molecule has 0 saturated heterocycles. The fourth-order valence-electron chi connectivity index (χ4n) is 4.22. The molecule has 2 aromatic rings. The molecule has 2 aliphatic rings. The van der Waals surface area contributed by atoms with Crippen LogP contribution in [0.4, 0.5) is 4.39 Å². The lowest BCUT2D eigenvalue weighted by molar-refractivity contribution is -0.0486. The number of hydrogen-bond acceptors (Lipinski definition) is 5. The number of nitrogens with zero attached hydrogens (tertiary/aromatic N) is 3. The normalized spacial score (nSPS) is 21.4. The van der Waals surface area contributed by atoms with Gasteiger partial charge < -0.3 is 14.7 Å². The lowest BCUT2D eigenvalue weighted by atomic mass is 9.95. The molecule has 0 aliphatic carbocycles. The van der Waals surface area contributed by atoms with Gasteiger partial charge >= 0.3 is 0 Å². The summed E-state index contributed by atoms with van der Waals surface area (Å²) in [5.74, 6) is -1.16. The van der Waals surface area contributed by atoms with Crippen LogP contribution >= 0.6 is 11.6 Å². The van der Waals surface area contributed by atoms with Crippen molar-refractivity contribution in [2.75, 3.05) is 20.7 Å². The Balaban J connectivity index is 1.79. The van der Waals surface area contributed by atoms with Crippen molar-refractivity contribution in [3.63, 3.8) is 0 Å². The van der Waals surface area contributed by atoms with Crippen molar-refractivity contribution in [1.82, 2.24) is 14.4 Å². The van der Waals surface area contributed by atoms with Gasteiger partial charge in [0, 0.05) is 32.8 Å². The molecule has 4 rings (SSSR count). The Bertz CT molecular complexity index is 1070. The number of aromatic nitrogens is 1. The fraction of sp³-hybridized carbons (Fsp3) is 0.400. The Labute approximate surface area is 171 Å². The molecule has 9 heteroatoms. The summed E-state index contributed by atoms with van der Waals surface area (Å²) in [6.45, 7) is 2.64. The second kappa shape index (κ2) is 7.12. The summed E-state index contributed by atoms with van der Waals surface area (Å²) in [7, 11) is 3.11. The van der Waals surface area contributed by atoms with Gasteiger partial charge in [-0.2, -0.15) is 0 Å². The second-order valence-electron chi connectivity index (χ2n) is 7.37. The molecule has 2 unspecified atom stereocenters. The Morgan fingerprint density at radius 3 is 2.72 bits per heavy atom. The first kappa shape index (κ1) is 19.9. The monoisotopic (exact) mass is 421 g/mol. The molecular weight excluding hydrogens is 401 g/mol. The minimum Gasteiger partial charge on any atom is -0.503 e. The third-order valence-corrected chi connectivity index (χ3v) is 6.10. The van der Waals surface area contributed by atoms with E-state index in [9.17, 15) is 19.1 Å². The fourth-order valence-corrected chi connectivity index (χ4v) is 4.42. The SMILES string of the molecule is COC1c2c(c3n(c(=O)c2O)C(C)N(C)C3=O)CCN1Cc1ccc(F)c(Cl)c1. The van der Waals surface area contributed by atoms with E-state index in [2.05, 4.69) is 0 Å². The summed E-state index contributed by atoms with van der Waals surface area (Å²) in [5, 5.41) is 10.7. The minimum absolute atomic E-state index is 0.0235. The van der Waals surface area contributed by atoms with Crippen LogP contribution in [0.1, 0.15) is 46.5 Å². The van der Waals surface area contributed by atoms with Crippen LogP contribution in [0.15, 0.2) is 23.0 Å². The maximum Gasteiger partial charge on any atom is 0.295 e. The van der Waals surface area contributed by atoms with Gasteiger partial charge in [-0.25, -0.2) is 4.39 Å². The van der Waals surface area contributed by atoms with Gasteiger partial charge in [-0.3, -0.25) is 19.1 Å². The van der Waals surface area contributed by atoms with Crippen LogP contribution in [0.2, 0.25) is 5.02 Å². The molecule has 7 nitrogen and oxygen atoms in total. The second-order valence-corrected chi connectivity index (χ2v) is 7.78. The number of ether oxygens (including phenoxy) is 1. The zero-order chi connectivity index (χ0) is 21.0. The third kappa shape index (κ3) is 2.94. The number of aromatic hydroxyl groups is 1. The van der Waals surface area contributed by atoms with Crippen LogP contribution in [0.25, 0.3) is 0 Å². The molecule has 0 spiro atoms. The molecule has 0 saturated carbocycles. The van der Waals surface area contributed by atoms with Gasteiger partial charge in [-0.15, -0.1) is 0 Å². The van der Waals surface area contributed by atoms with E-state index in [1.165, 1.54) is 28.7 Å². The van der Waals surface area contributed by atoms with E-state index in [0.29, 0.717) is 36.3 Å². The Hall–Kier alpha value is -2.42. The zero-order valence-corrected chi connectivity index (χ0v) is 17.0. The average molecular weight is 422 g/mol. The van der Waals surface area contributed by atoms with E-state index in [0.717, 1.165) is 5.56 Å². The van der Waals surface area contributed by atoms with Gasteiger partial charge in [-0.1, -0.05) is 17.7 Å². The molecule has 29 heavy (non-hydrogen) atoms. The molecule has 3 heterocycles. The molecule has 1 N–H and O–H groups in total. The first-order valence-electron chi connectivity index (χ1n) is 9.24. The first-order valence-corrected chi connectivity index (χ1v) is 9.62. The highest BCUT2D eigenvalue weighted by atomic mass is 35.5. The van der Waals surface area contributed by atoms with Crippen molar-refractivity contribution in [1.29, 1.82) is 0 Å². The van der Waals surface area contributed by atoms with Gasteiger partial charge in [0.05, 0.1) is 5.02 Å². The summed E-state index contributed by atoms with van der Waals surface area (Å²) >= 11 is 5.89. The predicted octanol–water partition coefficient (Wildman–Crippen LogP) is 2.65. The summed E-state index contributed by atoms with van der Waals surface area (Å²) in [6.07, 6.45) is -0.740. The third-order valence-electron chi connectivity index (χ3n) is 5.81. The quantitative estimate of drug-likeness (QED) is 0.824. The molecule has 0 radical (unpaired) electrons. The van der Waals surface area contributed by atoms with E-state index >= 15 is 0 Å². The number of carbonyl (C=O) groups is 1. The number of pyridine rings is 1. The molecule has 154 valence electrons. The average Bonchev–Trinajstić information content (AvgIpc) is 2.93. The smallest absolute Gasteiger partial charge is 0.295 e. The first-order chi connectivity index (χ1) is 13.8. The largest absolute Gasteiger partial charge is 0.503 e. The predicted molar refractivity (Wildman–Crippen MR) is 104 cm³/mol. The van der Waals surface area contributed by atoms with Crippen LogP contribution in [0.3, 0.4) is 0 Å². The number of rotatable bonds is 3. The number of hydrogen-bond donors (Lipinski definition) is 1. The summed E-state index contributed by atoms with van der Waals surface area (Å²) in [5.41, 5.74) is 1.41. The van der Waals surface area contributed by atoms with E-state index in [1.807, 2.05) is 4.90 Å². The molecule has 1 amide bonds. The van der Waals surface area contributed by atoms with E-state index in [-0.39, 0.29) is 10.9 Å². The highest BCUT2D eigenvalue weighted by Crippen LogP contribution is 2.40. The van der Waals surface area contributed by atoms with E-state index in [1.54, 1.807) is 20.0 Å². The Kier molecular flexibility index (Phi) is 4.88. The van der Waals surface area contributed by atoms with Crippen LogP contribution in [0.5, 0.6) is 5.75 Å². The van der Waals surface area contributed by atoms with E-state index in [4.69, 9.17) is 16.3 Å². The summed E-state index contributed by atoms with van der Waals surface area (Å²) in [6, 6.07) is 4.46. The highest BCUT2D eigenvalue weighted by molar-refractivity contribution is 6.30. The van der Waals surface area contributed by atoms with Crippen molar-refractivity contribution in [2.24, 2.45) is 0 Å².